The molecule has 0 heterocycles. The van der Waals surface area contributed by atoms with Gasteiger partial charge in [0.15, 0.2) is 0 Å². The van der Waals surface area contributed by atoms with Gasteiger partial charge in [-0.3, -0.25) is 10.1 Å². The molecule has 0 radical (unpaired) electrons. The number of hydrogen-bond donors (Lipinski definition) is 1. The van der Waals surface area contributed by atoms with Crippen LogP contribution in [0.25, 0.3) is 0 Å². The minimum absolute atomic E-state index is 0.111. The first-order valence-corrected chi connectivity index (χ1v) is 6.45. The van der Waals surface area contributed by atoms with Crippen molar-refractivity contribution in [2.75, 3.05) is 11.9 Å². The highest BCUT2D eigenvalue weighted by Gasteiger charge is 2.35. The Morgan fingerprint density at radius 2 is 1.95 bits per heavy atom. The number of nitro groups is 1. The molecule has 0 aliphatic heterocycles. The van der Waals surface area contributed by atoms with E-state index >= 15 is 0 Å². The highest BCUT2D eigenvalue weighted by Crippen LogP contribution is 2.37. The SMILES string of the molecule is CCCCCCNc1ccc([N+](=O)[O-])cc1C(F)(F)F. The zero-order chi connectivity index (χ0) is 15.2. The van der Waals surface area contributed by atoms with E-state index < -0.39 is 22.4 Å². The van der Waals surface area contributed by atoms with Crippen molar-refractivity contribution in [2.45, 2.75) is 38.8 Å². The van der Waals surface area contributed by atoms with Crippen molar-refractivity contribution >= 4 is 11.4 Å². The first-order chi connectivity index (χ1) is 9.36. The van der Waals surface area contributed by atoms with Crippen molar-refractivity contribution in [3.63, 3.8) is 0 Å². The van der Waals surface area contributed by atoms with Gasteiger partial charge in [0.2, 0.25) is 0 Å². The molecule has 0 amide bonds. The molecule has 20 heavy (non-hydrogen) atoms. The van der Waals surface area contributed by atoms with E-state index in [1.807, 2.05) is 6.92 Å². The summed E-state index contributed by atoms with van der Waals surface area (Å²) in [4.78, 5) is 9.71. The van der Waals surface area contributed by atoms with Crippen molar-refractivity contribution in [2.24, 2.45) is 0 Å². The van der Waals surface area contributed by atoms with E-state index in [2.05, 4.69) is 5.32 Å². The number of alkyl halides is 3. The minimum atomic E-state index is -4.61. The number of anilines is 1. The molecule has 0 aliphatic rings. The smallest absolute Gasteiger partial charge is 0.385 e. The molecular weight excluding hydrogens is 273 g/mol. The molecule has 0 unspecified atom stereocenters. The number of unbranched alkanes of at least 4 members (excludes halogenated alkanes) is 3. The van der Waals surface area contributed by atoms with Gasteiger partial charge in [-0.25, -0.2) is 0 Å². The molecule has 112 valence electrons. The summed E-state index contributed by atoms with van der Waals surface area (Å²) in [5.74, 6) is 0. The second-order valence-electron chi connectivity index (χ2n) is 4.47. The van der Waals surface area contributed by atoms with Crippen molar-refractivity contribution in [1.82, 2.24) is 0 Å². The summed E-state index contributed by atoms with van der Waals surface area (Å²) in [6, 6.07) is 2.75. The van der Waals surface area contributed by atoms with Crippen LogP contribution in [-0.4, -0.2) is 11.5 Å². The van der Waals surface area contributed by atoms with Crippen molar-refractivity contribution < 1.29 is 18.1 Å². The van der Waals surface area contributed by atoms with Gasteiger partial charge in [-0.05, 0) is 12.5 Å². The zero-order valence-electron chi connectivity index (χ0n) is 11.2. The number of nitro benzene ring substituents is 1. The van der Waals surface area contributed by atoms with E-state index in [9.17, 15) is 23.3 Å². The summed E-state index contributed by atoms with van der Waals surface area (Å²) in [5, 5.41) is 13.2. The summed E-state index contributed by atoms with van der Waals surface area (Å²) >= 11 is 0. The molecule has 0 bridgehead atoms. The predicted molar refractivity (Wildman–Crippen MR) is 70.7 cm³/mol. The predicted octanol–water partition coefficient (Wildman–Crippen LogP) is 4.61. The normalized spacial score (nSPS) is 11.4. The Morgan fingerprint density at radius 3 is 2.50 bits per heavy atom. The molecule has 0 aliphatic carbocycles. The lowest BCUT2D eigenvalue weighted by atomic mass is 10.1. The number of non-ortho nitro benzene ring substituents is 1. The van der Waals surface area contributed by atoms with Crippen LogP contribution in [0.1, 0.15) is 38.2 Å². The Kier molecular flexibility index (Phi) is 5.79. The highest BCUT2D eigenvalue weighted by molar-refractivity contribution is 5.57. The quantitative estimate of drug-likeness (QED) is 0.453. The molecule has 0 spiro atoms. The van der Waals surface area contributed by atoms with E-state index in [1.54, 1.807) is 0 Å². The second-order valence-corrected chi connectivity index (χ2v) is 4.47. The largest absolute Gasteiger partial charge is 0.418 e. The maximum Gasteiger partial charge on any atom is 0.418 e. The molecule has 0 aromatic heterocycles. The lowest BCUT2D eigenvalue weighted by Crippen LogP contribution is -2.12. The van der Waals surface area contributed by atoms with E-state index in [-0.39, 0.29) is 5.69 Å². The van der Waals surface area contributed by atoms with Crippen LogP contribution in [0.15, 0.2) is 18.2 Å². The molecule has 0 saturated carbocycles. The van der Waals surface area contributed by atoms with Crippen molar-refractivity contribution in [3.8, 4) is 0 Å². The molecular formula is C13H17F3N2O2. The lowest BCUT2D eigenvalue weighted by molar-refractivity contribution is -0.385. The fraction of sp³-hybridized carbons (Fsp3) is 0.538. The molecule has 4 nitrogen and oxygen atoms in total. The van der Waals surface area contributed by atoms with E-state index in [0.29, 0.717) is 12.6 Å². The number of nitrogens with zero attached hydrogens (tertiary/aromatic N) is 1. The fourth-order valence-electron chi connectivity index (χ4n) is 1.81. The Bertz CT molecular complexity index is 461. The third kappa shape index (κ3) is 4.71. The molecule has 7 heteroatoms. The lowest BCUT2D eigenvalue weighted by Gasteiger charge is -2.14. The molecule has 0 saturated heterocycles. The van der Waals surface area contributed by atoms with Crippen LogP contribution >= 0.6 is 0 Å². The van der Waals surface area contributed by atoms with Gasteiger partial charge in [-0.1, -0.05) is 26.2 Å². The Balaban J connectivity index is 2.81. The average Bonchev–Trinajstić information content (AvgIpc) is 2.37. The van der Waals surface area contributed by atoms with Gasteiger partial charge in [-0.15, -0.1) is 0 Å². The number of rotatable bonds is 7. The van der Waals surface area contributed by atoms with E-state index in [0.717, 1.165) is 37.8 Å². The third-order valence-electron chi connectivity index (χ3n) is 2.87. The topological polar surface area (TPSA) is 55.2 Å². The van der Waals surface area contributed by atoms with Gasteiger partial charge < -0.3 is 5.32 Å². The Hall–Kier alpha value is -1.79. The Labute approximate surface area is 115 Å². The van der Waals surface area contributed by atoms with Gasteiger partial charge in [0.25, 0.3) is 5.69 Å². The third-order valence-corrected chi connectivity index (χ3v) is 2.87. The van der Waals surface area contributed by atoms with Crippen LogP contribution in [0.5, 0.6) is 0 Å². The maximum absolute atomic E-state index is 12.9. The van der Waals surface area contributed by atoms with Crippen LogP contribution in [0, 0.1) is 10.1 Å². The Morgan fingerprint density at radius 1 is 1.25 bits per heavy atom. The van der Waals surface area contributed by atoms with Crippen molar-refractivity contribution in [1.29, 1.82) is 0 Å². The maximum atomic E-state index is 12.9. The molecule has 1 aromatic carbocycles. The second kappa shape index (κ2) is 7.12. The minimum Gasteiger partial charge on any atom is -0.385 e. The molecule has 1 N–H and O–H groups in total. The summed E-state index contributed by atoms with van der Waals surface area (Å²) < 4.78 is 38.6. The van der Waals surface area contributed by atoms with E-state index in [4.69, 9.17) is 0 Å². The van der Waals surface area contributed by atoms with Gasteiger partial charge in [0, 0.05) is 24.4 Å². The summed E-state index contributed by atoms with van der Waals surface area (Å²) in [7, 11) is 0. The number of halogens is 3. The molecule has 0 fully saturated rings. The number of nitrogens with one attached hydrogen (secondary N) is 1. The summed E-state index contributed by atoms with van der Waals surface area (Å²) in [6.07, 6.45) is -0.822. The molecule has 1 rings (SSSR count). The number of hydrogen-bond acceptors (Lipinski definition) is 3. The van der Waals surface area contributed by atoms with Gasteiger partial charge in [0.05, 0.1) is 10.5 Å². The number of benzene rings is 1. The van der Waals surface area contributed by atoms with Gasteiger partial charge in [0.1, 0.15) is 0 Å². The standard InChI is InChI=1S/C13H17F3N2O2/c1-2-3-4-5-8-17-12-7-6-10(18(19)20)9-11(12)13(14,15)16/h6-7,9,17H,2-5,8H2,1H3. The van der Waals surface area contributed by atoms with Crippen LogP contribution in [0.3, 0.4) is 0 Å². The van der Waals surface area contributed by atoms with Crippen LogP contribution < -0.4 is 5.32 Å². The van der Waals surface area contributed by atoms with Crippen molar-refractivity contribution in [3.05, 3.63) is 33.9 Å². The molecule has 1 aromatic rings. The zero-order valence-corrected chi connectivity index (χ0v) is 11.2. The van der Waals surface area contributed by atoms with E-state index in [1.165, 1.54) is 0 Å². The first-order valence-electron chi connectivity index (χ1n) is 6.45. The first kappa shape index (κ1) is 16.3. The summed E-state index contributed by atoms with van der Waals surface area (Å²) in [5.41, 5.74) is -1.67. The van der Waals surface area contributed by atoms with Crippen LogP contribution in [-0.2, 0) is 6.18 Å². The van der Waals surface area contributed by atoms with Crippen LogP contribution in [0.4, 0.5) is 24.5 Å². The fourth-order valence-corrected chi connectivity index (χ4v) is 1.81. The van der Waals surface area contributed by atoms with Crippen LogP contribution in [0.2, 0.25) is 0 Å². The monoisotopic (exact) mass is 290 g/mol. The van der Waals surface area contributed by atoms with Gasteiger partial charge >= 0.3 is 6.18 Å². The highest BCUT2D eigenvalue weighted by atomic mass is 19.4. The van der Waals surface area contributed by atoms with Gasteiger partial charge in [-0.2, -0.15) is 13.2 Å². The average molecular weight is 290 g/mol. The summed E-state index contributed by atoms with van der Waals surface area (Å²) in [6.45, 7) is 2.46. The molecule has 0 atom stereocenters.